The van der Waals surface area contributed by atoms with Crippen LogP contribution in [0.15, 0.2) is 18.3 Å². The van der Waals surface area contributed by atoms with E-state index in [1.54, 1.807) is 0 Å². The average molecular weight is 252 g/mol. The first-order valence-electron chi connectivity index (χ1n) is 5.71. The maximum absolute atomic E-state index is 11.7. The molecular weight excluding hydrogens is 236 g/mol. The van der Waals surface area contributed by atoms with Gasteiger partial charge in [-0.05, 0) is 25.5 Å². The lowest BCUT2D eigenvalue weighted by Gasteiger charge is -2.06. The Kier molecular flexibility index (Phi) is 5.79. The summed E-state index contributed by atoms with van der Waals surface area (Å²) in [6.07, 6.45) is 2.07. The van der Waals surface area contributed by atoms with Crippen LogP contribution in [0.5, 0.6) is 0 Å². The van der Waals surface area contributed by atoms with Crippen LogP contribution in [0.4, 0.5) is 0 Å². The maximum atomic E-state index is 11.7. The van der Waals surface area contributed by atoms with E-state index in [4.69, 9.17) is 9.84 Å². The van der Waals surface area contributed by atoms with Gasteiger partial charge in [0.1, 0.15) is 5.69 Å². The number of pyridine rings is 1. The normalized spacial score (nSPS) is 10.1. The van der Waals surface area contributed by atoms with Crippen LogP contribution in [0, 0.1) is 0 Å². The molecule has 1 amide bonds. The van der Waals surface area contributed by atoms with Crippen LogP contribution in [0.2, 0.25) is 0 Å². The van der Waals surface area contributed by atoms with Gasteiger partial charge in [-0.1, -0.05) is 0 Å². The molecule has 0 fully saturated rings. The Bertz CT molecular complexity index is 420. The number of amides is 1. The van der Waals surface area contributed by atoms with Gasteiger partial charge in [-0.3, -0.25) is 9.78 Å². The molecule has 0 spiro atoms. The number of ether oxygens (including phenoxy) is 1. The SMILES string of the molecule is CCOCCCNC(=O)c1ncccc1C(=O)O. The average Bonchev–Trinajstić information content (AvgIpc) is 2.38. The van der Waals surface area contributed by atoms with Crippen molar-refractivity contribution in [3.63, 3.8) is 0 Å². The minimum Gasteiger partial charge on any atom is -0.478 e. The van der Waals surface area contributed by atoms with E-state index >= 15 is 0 Å². The van der Waals surface area contributed by atoms with Gasteiger partial charge in [0.25, 0.3) is 5.91 Å². The number of carbonyl (C=O) groups excluding carboxylic acids is 1. The number of aromatic carboxylic acids is 1. The second kappa shape index (κ2) is 7.39. The zero-order chi connectivity index (χ0) is 13.4. The van der Waals surface area contributed by atoms with E-state index < -0.39 is 11.9 Å². The third-order valence-electron chi connectivity index (χ3n) is 2.21. The second-order valence-corrected chi connectivity index (χ2v) is 3.51. The second-order valence-electron chi connectivity index (χ2n) is 3.51. The molecule has 6 nitrogen and oxygen atoms in total. The molecule has 0 bridgehead atoms. The zero-order valence-electron chi connectivity index (χ0n) is 10.2. The standard InChI is InChI=1S/C12H16N2O4/c1-2-18-8-4-7-14-11(15)10-9(12(16)17)5-3-6-13-10/h3,5-6H,2,4,7-8H2,1H3,(H,14,15)(H,16,17). The van der Waals surface area contributed by atoms with E-state index in [-0.39, 0.29) is 11.3 Å². The van der Waals surface area contributed by atoms with E-state index in [1.165, 1.54) is 18.3 Å². The maximum Gasteiger partial charge on any atom is 0.338 e. The summed E-state index contributed by atoms with van der Waals surface area (Å²) in [5, 5.41) is 11.5. The van der Waals surface area contributed by atoms with Crippen molar-refractivity contribution in [2.45, 2.75) is 13.3 Å². The van der Waals surface area contributed by atoms with Crippen molar-refractivity contribution in [3.8, 4) is 0 Å². The predicted octanol–water partition coefficient (Wildman–Crippen LogP) is 0.936. The summed E-state index contributed by atoms with van der Waals surface area (Å²) in [5.74, 6) is -1.65. The summed E-state index contributed by atoms with van der Waals surface area (Å²) in [4.78, 5) is 26.4. The molecule has 18 heavy (non-hydrogen) atoms. The first-order valence-corrected chi connectivity index (χ1v) is 5.71. The smallest absolute Gasteiger partial charge is 0.338 e. The van der Waals surface area contributed by atoms with E-state index in [0.717, 1.165) is 0 Å². The molecule has 1 aromatic rings. The van der Waals surface area contributed by atoms with Crippen LogP contribution >= 0.6 is 0 Å². The fourth-order valence-electron chi connectivity index (χ4n) is 1.36. The highest BCUT2D eigenvalue weighted by Crippen LogP contribution is 2.04. The molecule has 0 aliphatic carbocycles. The summed E-state index contributed by atoms with van der Waals surface area (Å²) in [6.45, 7) is 3.52. The summed E-state index contributed by atoms with van der Waals surface area (Å²) < 4.78 is 5.12. The minimum atomic E-state index is -1.16. The van der Waals surface area contributed by atoms with Gasteiger partial charge in [-0.2, -0.15) is 0 Å². The largest absolute Gasteiger partial charge is 0.478 e. The molecule has 6 heteroatoms. The Labute approximate surface area is 105 Å². The van der Waals surface area contributed by atoms with Gasteiger partial charge in [-0.15, -0.1) is 0 Å². The molecule has 2 N–H and O–H groups in total. The van der Waals surface area contributed by atoms with E-state index in [0.29, 0.717) is 26.2 Å². The molecule has 0 saturated carbocycles. The number of hydrogen-bond donors (Lipinski definition) is 2. The quantitative estimate of drug-likeness (QED) is 0.705. The van der Waals surface area contributed by atoms with Gasteiger partial charge < -0.3 is 15.2 Å². The van der Waals surface area contributed by atoms with Crippen molar-refractivity contribution in [3.05, 3.63) is 29.6 Å². The molecule has 0 saturated heterocycles. The number of nitrogens with zero attached hydrogens (tertiary/aromatic N) is 1. The van der Waals surface area contributed by atoms with Gasteiger partial charge in [0.05, 0.1) is 5.56 Å². The minimum absolute atomic E-state index is 0.0681. The van der Waals surface area contributed by atoms with Crippen LogP contribution in [0.1, 0.15) is 34.2 Å². The van der Waals surface area contributed by atoms with Gasteiger partial charge in [0.15, 0.2) is 0 Å². The first kappa shape index (κ1) is 14.1. The van der Waals surface area contributed by atoms with Crippen molar-refractivity contribution in [2.75, 3.05) is 19.8 Å². The molecule has 0 radical (unpaired) electrons. The molecule has 98 valence electrons. The molecule has 0 atom stereocenters. The van der Waals surface area contributed by atoms with Gasteiger partial charge in [0.2, 0.25) is 0 Å². The predicted molar refractivity (Wildman–Crippen MR) is 64.6 cm³/mol. The number of carbonyl (C=O) groups is 2. The highest BCUT2D eigenvalue weighted by atomic mass is 16.5. The number of nitrogens with one attached hydrogen (secondary N) is 1. The van der Waals surface area contributed by atoms with Gasteiger partial charge in [-0.25, -0.2) is 4.79 Å². The fourth-order valence-corrected chi connectivity index (χ4v) is 1.36. The Morgan fingerprint density at radius 3 is 2.94 bits per heavy atom. The van der Waals surface area contributed by atoms with Crippen LogP contribution < -0.4 is 5.32 Å². The Morgan fingerprint density at radius 2 is 2.28 bits per heavy atom. The van der Waals surface area contributed by atoms with Crippen molar-refractivity contribution in [2.24, 2.45) is 0 Å². The fraction of sp³-hybridized carbons (Fsp3) is 0.417. The molecular formula is C12H16N2O4. The molecule has 1 rings (SSSR count). The molecule has 0 aliphatic heterocycles. The molecule has 0 aliphatic rings. The van der Waals surface area contributed by atoms with E-state index in [1.807, 2.05) is 6.92 Å². The van der Waals surface area contributed by atoms with Crippen LogP contribution in [-0.2, 0) is 4.74 Å². The van der Waals surface area contributed by atoms with E-state index in [2.05, 4.69) is 10.3 Å². The van der Waals surface area contributed by atoms with Crippen LogP contribution in [0.25, 0.3) is 0 Å². The highest BCUT2D eigenvalue weighted by molar-refractivity contribution is 6.03. The zero-order valence-corrected chi connectivity index (χ0v) is 10.2. The number of rotatable bonds is 7. The Hall–Kier alpha value is -1.95. The Balaban J connectivity index is 2.54. The van der Waals surface area contributed by atoms with Crippen molar-refractivity contribution < 1.29 is 19.4 Å². The number of aromatic nitrogens is 1. The molecule has 0 aromatic carbocycles. The summed E-state index contributed by atoms with van der Waals surface area (Å²) in [6, 6.07) is 2.83. The third kappa shape index (κ3) is 4.14. The highest BCUT2D eigenvalue weighted by Gasteiger charge is 2.16. The van der Waals surface area contributed by atoms with Gasteiger partial charge in [0, 0.05) is 26.0 Å². The lowest BCUT2D eigenvalue weighted by atomic mass is 10.2. The molecule has 1 heterocycles. The van der Waals surface area contributed by atoms with Gasteiger partial charge >= 0.3 is 5.97 Å². The lowest BCUT2D eigenvalue weighted by molar-refractivity contribution is 0.0689. The van der Waals surface area contributed by atoms with Crippen LogP contribution in [0.3, 0.4) is 0 Å². The van der Waals surface area contributed by atoms with Crippen molar-refractivity contribution in [1.82, 2.24) is 10.3 Å². The lowest BCUT2D eigenvalue weighted by Crippen LogP contribution is -2.28. The molecule has 0 unspecified atom stereocenters. The van der Waals surface area contributed by atoms with E-state index in [9.17, 15) is 9.59 Å². The number of carboxylic acid groups (broad SMARTS) is 1. The topological polar surface area (TPSA) is 88.5 Å². The summed E-state index contributed by atoms with van der Waals surface area (Å²) in [5.41, 5.74) is -0.166. The van der Waals surface area contributed by atoms with Crippen molar-refractivity contribution >= 4 is 11.9 Å². The summed E-state index contributed by atoms with van der Waals surface area (Å²) >= 11 is 0. The summed E-state index contributed by atoms with van der Waals surface area (Å²) in [7, 11) is 0. The third-order valence-corrected chi connectivity index (χ3v) is 2.21. The van der Waals surface area contributed by atoms with Crippen LogP contribution in [-0.4, -0.2) is 41.7 Å². The Morgan fingerprint density at radius 1 is 1.50 bits per heavy atom. The molecule has 1 aromatic heterocycles. The first-order chi connectivity index (χ1) is 8.66. The van der Waals surface area contributed by atoms with Crippen molar-refractivity contribution in [1.29, 1.82) is 0 Å². The number of hydrogen-bond acceptors (Lipinski definition) is 4. The number of carboxylic acids is 1. The monoisotopic (exact) mass is 252 g/mol.